The summed E-state index contributed by atoms with van der Waals surface area (Å²) in [6.45, 7) is 1.65. The van der Waals surface area contributed by atoms with Crippen molar-refractivity contribution in [3.05, 3.63) is 144 Å². The Hall–Kier alpha value is -8.37. The van der Waals surface area contributed by atoms with Crippen LogP contribution in [0.3, 0.4) is 0 Å². The molecule has 21 nitrogen and oxygen atoms in total. The van der Waals surface area contributed by atoms with Crippen molar-refractivity contribution in [3.8, 4) is 23.3 Å². The number of nitrogens with one attached hydrogen (secondary N) is 4. The van der Waals surface area contributed by atoms with Crippen LogP contribution in [0.4, 0.5) is 44.4 Å². The molecule has 2 heterocycles. The van der Waals surface area contributed by atoms with Crippen molar-refractivity contribution in [3.63, 3.8) is 0 Å². The summed E-state index contributed by atoms with van der Waals surface area (Å²) in [6.07, 6.45) is 0.688. The van der Waals surface area contributed by atoms with Gasteiger partial charge in [-0.2, -0.15) is 41.3 Å². The van der Waals surface area contributed by atoms with Gasteiger partial charge in [-0.1, -0.05) is 59.9 Å². The van der Waals surface area contributed by atoms with E-state index in [9.17, 15) is 49.4 Å². The van der Waals surface area contributed by atoms with Crippen LogP contribution in [0.5, 0.6) is 0 Å². The molecule has 25 heteroatoms. The zero-order valence-corrected chi connectivity index (χ0v) is 39.6. The minimum Gasteiger partial charge on any atom is -0.397 e. The molecule has 0 amide bonds. The summed E-state index contributed by atoms with van der Waals surface area (Å²) in [5, 5.41) is 54.6. The van der Waals surface area contributed by atoms with Crippen molar-refractivity contribution in [2.75, 3.05) is 10.6 Å². The highest BCUT2D eigenvalue weighted by atomic mass is 32.2. The third kappa shape index (κ3) is 10.9. The summed E-state index contributed by atoms with van der Waals surface area (Å²) in [4.78, 5) is 8.13. The van der Waals surface area contributed by atoms with E-state index in [0.29, 0.717) is 28.5 Å². The quantitative estimate of drug-likeness (QED) is 0.0118. The average molecular weight is 1030 g/mol. The lowest BCUT2D eigenvalue weighted by Gasteiger charge is -2.16. The van der Waals surface area contributed by atoms with E-state index in [1.54, 1.807) is 31.2 Å². The van der Waals surface area contributed by atoms with E-state index in [-0.39, 0.29) is 77.9 Å². The Labute approximate surface area is 408 Å². The molecule has 0 radical (unpaired) electrons. The van der Waals surface area contributed by atoms with Gasteiger partial charge in [-0.25, -0.2) is 4.98 Å². The SMILES string of the molecule is Cc1c(C#N)c(Nc2ccc(S(=O)(=O)O)cc2)nc(Nc2ccc(S(=O)(=O)O)cc2)c1N=Nc1sc(N=Nc2cc(S(=O)(=O)O)c3cc(CNOC=N)ccc3c2)c(-c2ccc3ccccc3c2)c1C#N. The number of nitriles is 2. The lowest BCUT2D eigenvalue weighted by Crippen LogP contribution is -2.12. The van der Waals surface area contributed by atoms with E-state index in [2.05, 4.69) is 53.7 Å². The van der Waals surface area contributed by atoms with Crippen LogP contribution in [0.15, 0.2) is 156 Å². The number of hydrogen-bond acceptors (Lipinski definition) is 19. The van der Waals surface area contributed by atoms with Gasteiger partial charge in [0.1, 0.15) is 33.3 Å². The molecule has 0 saturated carbocycles. The van der Waals surface area contributed by atoms with Crippen LogP contribution in [0, 0.1) is 35.0 Å². The van der Waals surface area contributed by atoms with Crippen molar-refractivity contribution in [2.45, 2.75) is 28.2 Å². The molecule has 8 aromatic rings. The zero-order valence-electron chi connectivity index (χ0n) is 36.3. The van der Waals surface area contributed by atoms with E-state index in [4.69, 9.17) is 10.2 Å². The second-order valence-corrected chi connectivity index (χ2v) is 20.3. The number of aromatic nitrogens is 1. The third-order valence-electron chi connectivity index (χ3n) is 10.5. The highest BCUT2D eigenvalue weighted by Gasteiger charge is 2.24. The summed E-state index contributed by atoms with van der Waals surface area (Å²) in [6, 6.07) is 34.7. The van der Waals surface area contributed by atoms with Gasteiger partial charge in [0.15, 0.2) is 23.0 Å². The molecule has 0 aliphatic rings. The minimum atomic E-state index is -4.81. The number of hydroxylamine groups is 1. The molecule has 0 bridgehead atoms. The Kier molecular flexibility index (Phi) is 13.8. The molecule has 0 atom stereocenters. The Morgan fingerprint density at radius 1 is 0.676 bits per heavy atom. The smallest absolute Gasteiger partial charge is 0.295 e. The molecule has 0 aliphatic heterocycles. The van der Waals surface area contributed by atoms with Gasteiger partial charge in [-0.3, -0.25) is 19.1 Å². The molecule has 0 unspecified atom stereocenters. The third-order valence-corrected chi connectivity index (χ3v) is 14.1. The lowest BCUT2D eigenvalue weighted by molar-refractivity contribution is 0.186. The number of azo groups is 2. The topological polar surface area (TPSA) is 342 Å². The van der Waals surface area contributed by atoms with Crippen molar-refractivity contribution in [1.29, 1.82) is 15.9 Å². The standard InChI is InChI=1S/C46H33N11O10S4/c1-26-38(22-47)43(51-32-10-14-35(15-11-32)69(58,59)60)53-44(52-33-12-16-36(17-13-33)70(61,62)63)42(26)55-56-45-39(23-48)41(31-9-8-28-4-2-3-5-29(28)19-31)46(68-45)57-54-34-20-30-7-6-27(24-50-67-25-49)18-37(30)40(21-34)71(64,65)66/h2-21,25,49-50H,24H2,1H3,(H2,51,52,53)(H,58,59,60)(H,61,62,63)(H,64,65,66). The maximum Gasteiger partial charge on any atom is 0.295 e. The normalized spacial score (nSPS) is 12.0. The Balaban J connectivity index is 1.26. The van der Waals surface area contributed by atoms with Gasteiger partial charge in [0.2, 0.25) is 0 Å². The predicted molar refractivity (Wildman–Crippen MR) is 264 cm³/mol. The fourth-order valence-electron chi connectivity index (χ4n) is 7.19. The van der Waals surface area contributed by atoms with Gasteiger partial charge in [0, 0.05) is 27.9 Å². The molecule has 356 valence electrons. The lowest BCUT2D eigenvalue weighted by atomic mass is 10.00. The molecule has 0 aliphatic carbocycles. The largest absolute Gasteiger partial charge is 0.397 e. The van der Waals surface area contributed by atoms with E-state index in [1.807, 2.05) is 36.4 Å². The highest BCUT2D eigenvalue weighted by molar-refractivity contribution is 7.86. The highest BCUT2D eigenvalue weighted by Crippen LogP contribution is 2.49. The summed E-state index contributed by atoms with van der Waals surface area (Å²) in [5.41, 5.74) is 4.66. The summed E-state index contributed by atoms with van der Waals surface area (Å²) in [7, 11) is -13.9. The van der Waals surface area contributed by atoms with Gasteiger partial charge in [0.05, 0.1) is 27.6 Å². The van der Waals surface area contributed by atoms with Crippen LogP contribution >= 0.6 is 11.3 Å². The first-order valence-corrected chi connectivity index (χ1v) is 25.4. The molecule has 0 fully saturated rings. The van der Waals surface area contributed by atoms with Crippen LogP contribution in [-0.4, -0.2) is 50.3 Å². The summed E-state index contributed by atoms with van der Waals surface area (Å²) in [5.74, 6) is -0.0756. The molecule has 0 saturated heterocycles. The number of hydrogen-bond donors (Lipinski definition) is 7. The Bertz CT molecular complexity index is 3950. The molecule has 6 aromatic carbocycles. The second-order valence-electron chi connectivity index (χ2n) is 15.1. The van der Waals surface area contributed by atoms with E-state index in [1.165, 1.54) is 30.3 Å². The molecule has 7 N–H and O–H groups in total. The predicted octanol–water partition coefficient (Wildman–Crippen LogP) is 10.9. The first-order valence-electron chi connectivity index (χ1n) is 20.3. The van der Waals surface area contributed by atoms with E-state index in [0.717, 1.165) is 52.4 Å². The van der Waals surface area contributed by atoms with Crippen molar-refractivity contribution in [2.24, 2.45) is 20.5 Å². The minimum absolute atomic E-state index is 0.0151. The van der Waals surface area contributed by atoms with Crippen molar-refractivity contribution >= 4 is 114 Å². The molecule has 8 rings (SSSR count). The van der Waals surface area contributed by atoms with Crippen LogP contribution in [0.2, 0.25) is 0 Å². The fourth-order valence-corrected chi connectivity index (χ4v) is 9.79. The van der Waals surface area contributed by atoms with Gasteiger partial charge >= 0.3 is 0 Å². The average Bonchev–Trinajstić information content (AvgIpc) is 3.69. The summed E-state index contributed by atoms with van der Waals surface area (Å²) < 4.78 is 102. The van der Waals surface area contributed by atoms with Gasteiger partial charge in [0.25, 0.3) is 30.4 Å². The number of thiophene rings is 1. The maximum absolute atomic E-state index is 12.7. The number of pyridine rings is 1. The van der Waals surface area contributed by atoms with Crippen molar-refractivity contribution < 1.29 is 43.7 Å². The molecule has 71 heavy (non-hydrogen) atoms. The number of benzene rings is 6. The number of fused-ring (bicyclic) bond motifs is 2. The van der Waals surface area contributed by atoms with Crippen LogP contribution in [0.1, 0.15) is 22.3 Å². The molecule has 2 aromatic heterocycles. The molecular weight excluding hydrogens is 995 g/mol. The van der Waals surface area contributed by atoms with Crippen LogP contribution < -0.4 is 16.1 Å². The number of rotatable bonds is 16. The first-order chi connectivity index (χ1) is 33.8. The Morgan fingerprint density at radius 2 is 1.28 bits per heavy atom. The number of nitrogens with zero attached hydrogens (tertiary/aromatic N) is 7. The maximum atomic E-state index is 12.7. The van der Waals surface area contributed by atoms with Gasteiger partial charge in [-0.15, -0.1) is 20.5 Å². The first kappa shape index (κ1) is 49.1. The van der Waals surface area contributed by atoms with Gasteiger partial charge < -0.3 is 15.5 Å². The van der Waals surface area contributed by atoms with Crippen molar-refractivity contribution in [1.82, 2.24) is 10.5 Å². The monoisotopic (exact) mass is 1030 g/mol. The van der Waals surface area contributed by atoms with Gasteiger partial charge in [-0.05, 0) is 107 Å². The zero-order chi connectivity index (χ0) is 50.7. The fraction of sp³-hybridized carbons (Fsp3) is 0.0435. The van der Waals surface area contributed by atoms with Crippen LogP contribution in [0.25, 0.3) is 32.7 Å². The second kappa shape index (κ2) is 19.9. The number of anilines is 4. The molecule has 0 spiro atoms. The molecular formula is C46H33N11O10S4. The Morgan fingerprint density at radius 3 is 1.89 bits per heavy atom. The van der Waals surface area contributed by atoms with Crippen LogP contribution in [-0.2, 0) is 41.7 Å². The van der Waals surface area contributed by atoms with E-state index < -0.39 is 40.1 Å². The van der Waals surface area contributed by atoms with E-state index >= 15 is 0 Å². The summed E-state index contributed by atoms with van der Waals surface area (Å²) >= 11 is 0.906.